The normalized spacial score (nSPS) is 20.6. The van der Waals surface area contributed by atoms with Gasteiger partial charge < -0.3 is 15.0 Å². The van der Waals surface area contributed by atoms with Crippen molar-refractivity contribution in [2.45, 2.75) is 26.2 Å². The summed E-state index contributed by atoms with van der Waals surface area (Å²) in [5.41, 5.74) is 7.70. The van der Waals surface area contributed by atoms with Crippen molar-refractivity contribution >= 4 is 94.3 Å². The fourth-order valence-electron chi connectivity index (χ4n) is 2.81. The molecule has 1 aliphatic rings. The van der Waals surface area contributed by atoms with Crippen LogP contribution in [0.4, 0.5) is 5.69 Å². The molecule has 2 aromatic rings. The number of rotatable bonds is 8. The zero-order chi connectivity index (χ0) is 22.9. The molecule has 1 aliphatic heterocycles. The second-order valence-electron chi connectivity index (χ2n) is 6.59. The van der Waals surface area contributed by atoms with Crippen LogP contribution in [0.2, 0.25) is 0 Å². The first-order valence-electron chi connectivity index (χ1n) is 8.71. The fraction of sp³-hybridized carbons (Fsp3) is 0.600. The predicted molar refractivity (Wildman–Crippen MR) is 121 cm³/mol. The van der Waals surface area contributed by atoms with Crippen molar-refractivity contribution < 1.29 is 22.9 Å². The van der Waals surface area contributed by atoms with Crippen molar-refractivity contribution in [1.82, 2.24) is 14.5 Å². The molecule has 2 aromatic heterocycles. The summed E-state index contributed by atoms with van der Waals surface area (Å²) in [5.74, 6) is 0. The van der Waals surface area contributed by atoms with Crippen LogP contribution in [0.25, 0.3) is 11.2 Å². The van der Waals surface area contributed by atoms with Crippen LogP contribution in [0.3, 0.4) is 0 Å². The lowest BCUT2D eigenvalue weighted by atomic mass is 10.2. The van der Waals surface area contributed by atoms with Gasteiger partial charge >= 0.3 is 7.82 Å². The molecule has 9 nitrogen and oxygen atoms in total. The summed E-state index contributed by atoms with van der Waals surface area (Å²) in [4.78, 5) is 8.62. The van der Waals surface area contributed by atoms with E-state index in [1.807, 2.05) is 4.57 Å². The van der Waals surface area contributed by atoms with E-state index < -0.39 is 34.7 Å². The van der Waals surface area contributed by atoms with E-state index in [-0.39, 0.29) is 12.6 Å². The molecular weight excluding hydrogens is 560 g/mol. The van der Waals surface area contributed by atoms with Crippen LogP contribution >= 0.6 is 77.4 Å². The highest BCUT2D eigenvalue weighted by Gasteiger charge is 2.37. The third-order valence-corrected chi connectivity index (χ3v) is 6.15. The zero-order valence-electron chi connectivity index (χ0n) is 15.6. The van der Waals surface area contributed by atoms with Gasteiger partial charge in [-0.05, 0) is 12.5 Å². The molecule has 2 unspecified atom stereocenters. The molecule has 31 heavy (non-hydrogen) atoms. The van der Waals surface area contributed by atoms with Crippen LogP contribution in [-0.4, -0.2) is 54.7 Å². The van der Waals surface area contributed by atoms with Crippen LogP contribution in [0, 0.1) is 0 Å². The number of aromatic nitrogens is 3. The summed E-state index contributed by atoms with van der Waals surface area (Å²) in [5, 5.41) is 0. The van der Waals surface area contributed by atoms with Crippen LogP contribution in [-0.2, 0) is 22.9 Å². The Hall–Kier alpha value is 0.230. The number of phosphoric acid groups is 1. The van der Waals surface area contributed by atoms with Crippen molar-refractivity contribution in [3.63, 3.8) is 0 Å². The molecule has 0 aromatic carbocycles. The minimum Gasteiger partial charge on any atom is -0.397 e. The molecule has 2 atom stereocenters. The number of nitrogens with two attached hydrogens (primary N) is 1. The van der Waals surface area contributed by atoms with Gasteiger partial charge in [0.2, 0.25) is 7.59 Å². The van der Waals surface area contributed by atoms with Crippen LogP contribution in [0.1, 0.15) is 12.5 Å². The van der Waals surface area contributed by atoms with Gasteiger partial charge in [0, 0.05) is 6.20 Å². The van der Waals surface area contributed by atoms with Crippen molar-refractivity contribution in [3.8, 4) is 0 Å². The highest BCUT2D eigenvalue weighted by atomic mass is 35.6. The Balaban J connectivity index is 1.62. The highest BCUT2D eigenvalue weighted by Crippen LogP contribution is 2.53. The summed E-state index contributed by atoms with van der Waals surface area (Å²) in [6.07, 6.45) is 3.32. The van der Waals surface area contributed by atoms with E-state index in [9.17, 15) is 4.57 Å². The number of alkyl halides is 6. The molecule has 0 saturated carbocycles. The van der Waals surface area contributed by atoms with E-state index in [1.54, 1.807) is 18.6 Å². The van der Waals surface area contributed by atoms with Gasteiger partial charge in [-0.1, -0.05) is 69.6 Å². The average Bonchev–Trinajstić information content (AvgIpc) is 3.30. The largest absolute Gasteiger partial charge is 0.475 e. The number of halogens is 6. The van der Waals surface area contributed by atoms with Crippen LogP contribution in [0.15, 0.2) is 18.6 Å². The Labute approximate surface area is 207 Å². The number of hydrogen-bond donors (Lipinski definition) is 1. The molecule has 0 spiro atoms. The second-order valence-corrected chi connectivity index (χ2v) is 13.3. The highest BCUT2D eigenvalue weighted by molar-refractivity contribution is 7.48. The third-order valence-electron chi connectivity index (χ3n) is 4.14. The maximum Gasteiger partial charge on any atom is 0.475 e. The smallest absolute Gasteiger partial charge is 0.397 e. The molecule has 2 N–H and O–H groups in total. The summed E-state index contributed by atoms with van der Waals surface area (Å²) in [6, 6.07) is 1.59. The van der Waals surface area contributed by atoms with Gasteiger partial charge in [0.05, 0.1) is 37.4 Å². The number of anilines is 1. The third kappa shape index (κ3) is 7.62. The van der Waals surface area contributed by atoms with E-state index in [0.717, 1.165) is 0 Å². The van der Waals surface area contributed by atoms with Gasteiger partial charge in [-0.3, -0.25) is 13.6 Å². The molecule has 0 amide bonds. The van der Waals surface area contributed by atoms with Crippen LogP contribution in [0.5, 0.6) is 0 Å². The molecule has 0 aliphatic carbocycles. The summed E-state index contributed by atoms with van der Waals surface area (Å²) in [7, 11) is -4.22. The SMILES string of the molecule is Nc1ccnc2c1ncn2C1COC(COP(=O)(OCC(Cl)(Cl)Cl)OCC(Cl)(Cl)Cl)C1. The van der Waals surface area contributed by atoms with E-state index in [2.05, 4.69) is 9.97 Å². The molecule has 3 heterocycles. The first kappa shape index (κ1) is 25.8. The lowest BCUT2D eigenvalue weighted by Gasteiger charge is -2.23. The molecule has 174 valence electrons. The minimum absolute atomic E-state index is 0.0866. The number of phosphoric ester groups is 1. The van der Waals surface area contributed by atoms with Gasteiger partial charge in [0.25, 0.3) is 0 Å². The Kier molecular flexibility index (Phi) is 8.53. The molecular formula is C15H17Cl6N4O5P. The predicted octanol–water partition coefficient (Wildman–Crippen LogP) is 5.24. The summed E-state index contributed by atoms with van der Waals surface area (Å²) >= 11 is 33.8. The molecule has 16 heteroatoms. The number of fused-ring (bicyclic) bond motifs is 1. The first-order chi connectivity index (χ1) is 14.4. The second kappa shape index (κ2) is 10.2. The lowest BCUT2D eigenvalue weighted by Crippen LogP contribution is -2.20. The minimum atomic E-state index is -4.22. The molecule has 1 fully saturated rings. The number of pyridine rings is 1. The van der Waals surface area contributed by atoms with Gasteiger partial charge in [-0.2, -0.15) is 0 Å². The van der Waals surface area contributed by atoms with E-state index in [0.29, 0.717) is 29.9 Å². The van der Waals surface area contributed by atoms with Crippen molar-refractivity contribution in [2.75, 3.05) is 32.2 Å². The Morgan fingerprint density at radius 3 is 2.39 bits per heavy atom. The molecule has 0 radical (unpaired) electrons. The van der Waals surface area contributed by atoms with Gasteiger partial charge in [0.1, 0.15) is 18.7 Å². The standard InChI is InChI=1S/C15H17Cl6N4O5P/c16-14(17,18)6-29-31(26,30-7-15(19,20)21)28-5-10-3-9(4-27-10)25-8-24-12-11(22)1-2-23-13(12)25/h1-2,8-10H,3-7H2,(H2,22,23). The van der Waals surface area contributed by atoms with Crippen molar-refractivity contribution in [1.29, 1.82) is 0 Å². The molecule has 0 bridgehead atoms. The maximum absolute atomic E-state index is 12.9. The van der Waals surface area contributed by atoms with Crippen LogP contribution < -0.4 is 5.73 Å². The van der Waals surface area contributed by atoms with Crippen molar-refractivity contribution in [3.05, 3.63) is 18.6 Å². The summed E-state index contributed by atoms with van der Waals surface area (Å²) in [6.45, 7) is -0.936. The quantitative estimate of drug-likeness (QED) is 0.335. The van der Waals surface area contributed by atoms with E-state index >= 15 is 0 Å². The number of nitrogen functional groups attached to an aromatic ring is 1. The van der Waals surface area contributed by atoms with Gasteiger partial charge in [-0.25, -0.2) is 14.5 Å². The monoisotopic (exact) mass is 574 g/mol. The number of ether oxygens (including phenoxy) is 1. The topological polar surface area (TPSA) is 111 Å². The number of imidazole rings is 1. The Morgan fingerprint density at radius 1 is 1.13 bits per heavy atom. The van der Waals surface area contributed by atoms with Gasteiger partial charge in [-0.15, -0.1) is 0 Å². The lowest BCUT2D eigenvalue weighted by molar-refractivity contribution is 0.0395. The molecule has 1 saturated heterocycles. The zero-order valence-corrected chi connectivity index (χ0v) is 21.0. The number of nitrogens with zero attached hydrogens (tertiary/aromatic N) is 3. The maximum atomic E-state index is 12.9. The van der Waals surface area contributed by atoms with E-state index in [4.69, 9.17) is 93.6 Å². The van der Waals surface area contributed by atoms with Gasteiger partial charge in [0.15, 0.2) is 5.65 Å². The fourth-order valence-corrected chi connectivity index (χ4v) is 4.87. The molecule has 3 rings (SSSR count). The summed E-state index contributed by atoms with van der Waals surface area (Å²) < 4.78 is 32.2. The number of hydrogen-bond acceptors (Lipinski definition) is 8. The Bertz CT molecular complexity index is 930. The average molecular weight is 577 g/mol. The Morgan fingerprint density at radius 2 is 1.77 bits per heavy atom. The van der Waals surface area contributed by atoms with Crippen molar-refractivity contribution in [2.24, 2.45) is 0 Å². The van der Waals surface area contributed by atoms with E-state index in [1.165, 1.54) is 0 Å². The first-order valence-corrected chi connectivity index (χ1v) is 12.4.